The quantitative estimate of drug-likeness (QED) is 0.851. The molecule has 1 amide bonds. The number of fused-ring (bicyclic) bond motifs is 1. The first-order valence-electron chi connectivity index (χ1n) is 9.44. The molecule has 0 spiro atoms. The molecule has 130 valence electrons. The summed E-state index contributed by atoms with van der Waals surface area (Å²) in [5.74, 6) is 0.792. The molecule has 2 aliphatic heterocycles. The molecule has 1 saturated heterocycles. The van der Waals surface area contributed by atoms with Crippen molar-refractivity contribution in [2.75, 3.05) is 26.2 Å². The number of aromatic nitrogens is 1. The van der Waals surface area contributed by atoms with Gasteiger partial charge in [0.15, 0.2) is 0 Å². The minimum absolute atomic E-state index is 0.103. The maximum atomic E-state index is 12.3. The highest BCUT2D eigenvalue weighted by molar-refractivity contribution is 5.96. The summed E-state index contributed by atoms with van der Waals surface area (Å²) in [6.07, 6.45) is 7.40. The van der Waals surface area contributed by atoms with Crippen LogP contribution < -0.4 is 4.74 Å². The van der Waals surface area contributed by atoms with Crippen molar-refractivity contribution in [3.8, 4) is 5.88 Å². The minimum Gasteiger partial charge on any atom is -0.474 e. The molecule has 0 bridgehead atoms. The average Bonchev–Trinajstić information content (AvgIpc) is 2.55. The summed E-state index contributed by atoms with van der Waals surface area (Å²) in [5, 5.41) is 0. The van der Waals surface area contributed by atoms with Gasteiger partial charge in [-0.1, -0.05) is 6.42 Å². The first kappa shape index (κ1) is 15.9. The topological polar surface area (TPSA) is 45.7 Å². The molecule has 1 aromatic heterocycles. The van der Waals surface area contributed by atoms with Crippen molar-refractivity contribution in [2.24, 2.45) is 0 Å². The predicted octanol–water partition coefficient (Wildman–Crippen LogP) is 2.50. The van der Waals surface area contributed by atoms with Crippen LogP contribution in [-0.4, -0.2) is 59.0 Å². The number of pyridine rings is 1. The van der Waals surface area contributed by atoms with Gasteiger partial charge in [0.25, 0.3) is 5.91 Å². The van der Waals surface area contributed by atoms with Crippen molar-refractivity contribution in [2.45, 2.75) is 57.6 Å². The normalized spacial score (nSPS) is 23.0. The van der Waals surface area contributed by atoms with E-state index < -0.39 is 0 Å². The maximum absolute atomic E-state index is 12.3. The van der Waals surface area contributed by atoms with Gasteiger partial charge in [0.1, 0.15) is 6.10 Å². The van der Waals surface area contributed by atoms with E-state index in [1.807, 2.05) is 24.0 Å². The van der Waals surface area contributed by atoms with Gasteiger partial charge in [-0.3, -0.25) is 4.79 Å². The van der Waals surface area contributed by atoms with Crippen molar-refractivity contribution in [3.05, 3.63) is 23.4 Å². The van der Waals surface area contributed by atoms with Crippen LogP contribution in [-0.2, 0) is 6.42 Å². The maximum Gasteiger partial charge on any atom is 0.255 e. The number of nitrogens with zero attached hydrogens (tertiary/aromatic N) is 3. The molecule has 1 aliphatic carbocycles. The third kappa shape index (κ3) is 3.02. The number of hydrogen-bond acceptors (Lipinski definition) is 4. The molecule has 5 nitrogen and oxygen atoms in total. The average molecular weight is 329 g/mol. The van der Waals surface area contributed by atoms with E-state index in [0.29, 0.717) is 5.88 Å². The van der Waals surface area contributed by atoms with Crippen LogP contribution in [0.4, 0.5) is 0 Å². The smallest absolute Gasteiger partial charge is 0.255 e. The lowest BCUT2D eigenvalue weighted by Crippen LogP contribution is -2.46. The Balaban J connectivity index is 1.37. The Labute approximate surface area is 144 Å². The van der Waals surface area contributed by atoms with Crippen LogP contribution >= 0.6 is 0 Å². The van der Waals surface area contributed by atoms with Crippen molar-refractivity contribution in [3.63, 3.8) is 0 Å². The molecule has 24 heavy (non-hydrogen) atoms. The first-order valence-corrected chi connectivity index (χ1v) is 9.44. The lowest BCUT2D eigenvalue weighted by molar-refractivity contribution is 0.0473. The number of carbonyl (C=O) groups excluding carboxylic acids is 1. The highest BCUT2D eigenvalue weighted by atomic mass is 16.5. The number of hydrogen-bond donors (Lipinski definition) is 0. The number of rotatable bonds is 4. The third-order valence-electron chi connectivity index (χ3n) is 5.82. The fraction of sp³-hybridized carbons (Fsp3) is 0.684. The van der Waals surface area contributed by atoms with E-state index >= 15 is 0 Å². The summed E-state index contributed by atoms with van der Waals surface area (Å²) in [6.45, 7) is 5.83. The molecule has 1 aromatic rings. The number of piperidine rings is 1. The van der Waals surface area contributed by atoms with Gasteiger partial charge in [-0.15, -0.1) is 0 Å². The van der Waals surface area contributed by atoms with Gasteiger partial charge >= 0.3 is 0 Å². The van der Waals surface area contributed by atoms with E-state index in [1.54, 1.807) is 0 Å². The van der Waals surface area contributed by atoms with Crippen LogP contribution in [0.15, 0.2) is 12.1 Å². The molecule has 0 N–H and O–H groups in total. The van der Waals surface area contributed by atoms with Crippen LogP contribution in [0, 0.1) is 0 Å². The highest BCUT2D eigenvalue weighted by Gasteiger charge is 2.30. The molecule has 0 radical (unpaired) electrons. The van der Waals surface area contributed by atoms with Gasteiger partial charge in [-0.25, -0.2) is 4.98 Å². The molecule has 2 fully saturated rings. The molecule has 0 aromatic carbocycles. The zero-order chi connectivity index (χ0) is 16.5. The van der Waals surface area contributed by atoms with Crippen molar-refractivity contribution in [1.82, 2.24) is 14.8 Å². The second kappa shape index (κ2) is 6.71. The van der Waals surface area contributed by atoms with Gasteiger partial charge in [-0.2, -0.15) is 0 Å². The van der Waals surface area contributed by atoms with Crippen molar-refractivity contribution in [1.29, 1.82) is 0 Å². The Morgan fingerprint density at radius 2 is 1.96 bits per heavy atom. The fourth-order valence-corrected chi connectivity index (χ4v) is 4.03. The van der Waals surface area contributed by atoms with Crippen LogP contribution in [0.1, 0.15) is 55.1 Å². The van der Waals surface area contributed by atoms with E-state index in [1.165, 1.54) is 19.3 Å². The van der Waals surface area contributed by atoms with E-state index in [4.69, 9.17) is 4.74 Å². The lowest BCUT2D eigenvalue weighted by atomic mass is 9.90. The van der Waals surface area contributed by atoms with Crippen LogP contribution in [0.3, 0.4) is 0 Å². The summed E-state index contributed by atoms with van der Waals surface area (Å²) < 4.78 is 6.13. The summed E-state index contributed by atoms with van der Waals surface area (Å²) in [5.41, 5.74) is 1.64. The Bertz CT molecular complexity index is 607. The largest absolute Gasteiger partial charge is 0.474 e. The van der Waals surface area contributed by atoms with E-state index in [0.717, 1.165) is 62.7 Å². The van der Waals surface area contributed by atoms with Crippen LogP contribution in [0.2, 0.25) is 0 Å². The van der Waals surface area contributed by atoms with Gasteiger partial charge in [0.2, 0.25) is 5.88 Å². The number of amides is 1. The first-order chi connectivity index (χ1) is 11.7. The van der Waals surface area contributed by atoms with Crippen molar-refractivity contribution >= 4 is 5.91 Å². The number of likely N-dealkylation sites (tertiary alicyclic amines) is 1. The molecule has 3 aliphatic rings. The number of likely N-dealkylation sites (N-methyl/N-ethyl adjacent to an activating group) is 1. The van der Waals surface area contributed by atoms with E-state index in [-0.39, 0.29) is 12.0 Å². The van der Waals surface area contributed by atoms with Crippen LogP contribution in [0.25, 0.3) is 0 Å². The number of carbonyl (C=O) groups is 1. The molecular formula is C19H27N3O2. The molecule has 5 heteroatoms. The fourth-order valence-electron chi connectivity index (χ4n) is 4.03. The summed E-state index contributed by atoms with van der Waals surface area (Å²) in [4.78, 5) is 21.4. The van der Waals surface area contributed by atoms with Crippen LogP contribution in [0.5, 0.6) is 5.88 Å². The molecule has 4 rings (SSSR count). The second-order valence-corrected chi connectivity index (χ2v) is 7.22. The SMILES string of the molecule is CCN1CCc2nc(OC3CCN(C4CCC4)CC3)ccc2C1=O. The van der Waals surface area contributed by atoms with E-state index in [9.17, 15) is 4.79 Å². The Morgan fingerprint density at radius 3 is 2.62 bits per heavy atom. The molecule has 3 heterocycles. The summed E-state index contributed by atoms with van der Waals surface area (Å²) >= 11 is 0. The Kier molecular flexibility index (Phi) is 4.44. The molecular weight excluding hydrogens is 302 g/mol. The Hall–Kier alpha value is -1.62. The Morgan fingerprint density at radius 1 is 1.17 bits per heavy atom. The van der Waals surface area contributed by atoms with Gasteiger partial charge in [0.05, 0.1) is 11.3 Å². The third-order valence-corrected chi connectivity index (χ3v) is 5.82. The highest BCUT2D eigenvalue weighted by Crippen LogP contribution is 2.28. The molecule has 0 atom stereocenters. The zero-order valence-electron chi connectivity index (χ0n) is 14.5. The van der Waals surface area contributed by atoms with E-state index in [2.05, 4.69) is 9.88 Å². The molecule has 0 unspecified atom stereocenters. The predicted molar refractivity (Wildman–Crippen MR) is 92.4 cm³/mol. The monoisotopic (exact) mass is 329 g/mol. The van der Waals surface area contributed by atoms with Gasteiger partial charge in [-0.05, 0) is 38.7 Å². The number of ether oxygens (including phenoxy) is 1. The standard InChI is InChI=1S/C19H27N3O2/c1-2-21-13-10-17-16(19(21)23)6-7-18(20-17)24-15-8-11-22(12-9-15)14-4-3-5-14/h6-7,14-15H,2-5,8-13H2,1H3. The van der Waals surface area contributed by atoms with Gasteiger partial charge < -0.3 is 14.5 Å². The molecule has 1 saturated carbocycles. The summed E-state index contributed by atoms with van der Waals surface area (Å²) in [6, 6.07) is 4.60. The second-order valence-electron chi connectivity index (χ2n) is 7.22. The van der Waals surface area contributed by atoms with Gasteiger partial charge in [0, 0.05) is 44.7 Å². The summed E-state index contributed by atoms with van der Waals surface area (Å²) in [7, 11) is 0. The van der Waals surface area contributed by atoms with Crippen molar-refractivity contribution < 1.29 is 9.53 Å². The lowest BCUT2D eigenvalue weighted by Gasteiger charge is -2.41. The minimum atomic E-state index is 0.103. The zero-order valence-corrected chi connectivity index (χ0v) is 14.5.